The predicted molar refractivity (Wildman–Crippen MR) is 131 cm³/mol. The zero-order valence-corrected chi connectivity index (χ0v) is 20.6. The Bertz CT molecular complexity index is 1300. The van der Waals surface area contributed by atoms with Gasteiger partial charge in [0.2, 0.25) is 5.91 Å². The number of hydrogen-bond acceptors (Lipinski definition) is 6. The molecule has 172 valence electrons. The van der Waals surface area contributed by atoms with Gasteiger partial charge in [0.15, 0.2) is 5.16 Å². The van der Waals surface area contributed by atoms with Crippen LogP contribution in [0.15, 0.2) is 52.4 Å². The van der Waals surface area contributed by atoms with Gasteiger partial charge in [-0.1, -0.05) is 49.3 Å². The van der Waals surface area contributed by atoms with E-state index in [0.717, 1.165) is 11.8 Å². The highest BCUT2D eigenvalue weighted by Gasteiger charge is 2.32. The standard InChI is InChI=1S/C24H25ClN4O3S/c1-14(2)24(4,13-26)28-21(30)15(3)33-23-27-18-12-16(25)10-11-17(18)22(31)29(23)19-8-6-7-9-20(19)32-5/h6-12,14-15H,1-5H3,(H,28,30). The molecule has 0 spiro atoms. The van der Waals surface area contributed by atoms with Crippen LogP contribution < -0.4 is 15.6 Å². The van der Waals surface area contributed by atoms with Gasteiger partial charge in [0.05, 0.1) is 35.0 Å². The minimum absolute atomic E-state index is 0.0867. The monoisotopic (exact) mass is 484 g/mol. The van der Waals surface area contributed by atoms with E-state index < -0.39 is 10.8 Å². The van der Waals surface area contributed by atoms with E-state index in [4.69, 9.17) is 16.3 Å². The molecule has 0 bridgehead atoms. The first-order valence-corrected chi connectivity index (χ1v) is 11.6. The number of aromatic nitrogens is 2. The Morgan fingerprint density at radius 1 is 1.27 bits per heavy atom. The largest absolute Gasteiger partial charge is 0.495 e. The summed E-state index contributed by atoms with van der Waals surface area (Å²) in [6.45, 7) is 7.14. The third-order valence-electron chi connectivity index (χ3n) is 5.55. The molecule has 2 atom stereocenters. The van der Waals surface area contributed by atoms with Crippen molar-refractivity contribution in [2.75, 3.05) is 7.11 Å². The summed E-state index contributed by atoms with van der Waals surface area (Å²) in [5.41, 5.74) is -0.384. The smallest absolute Gasteiger partial charge is 0.266 e. The zero-order valence-electron chi connectivity index (χ0n) is 19.0. The summed E-state index contributed by atoms with van der Waals surface area (Å²) >= 11 is 7.25. The van der Waals surface area contributed by atoms with E-state index in [0.29, 0.717) is 32.5 Å². The second kappa shape index (κ2) is 9.86. The van der Waals surface area contributed by atoms with E-state index in [9.17, 15) is 14.9 Å². The molecule has 0 aliphatic heterocycles. The maximum Gasteiger partial charge on any atom is 0.266 e. The lowest BCUT2D eigenvalue weighted by atomic mass is 9.90. The Hall–Kier alpha value is -3.02. The molecule has 9 heteroatoms. The van der Waals surface area contributed by atoms with Crippen molar-refractivity contribution < 1.29 is 9.53 Å². The first kappa shape index (κ1) is 24.6. The van der Waals surface area contributed by atoms with Crippen LogP contribution >= 0.6 is 23.4 Å². The molecule has 1 heterocycles. The normalized spacial score (nSPS) is 13.9. The highest BCUT2D eigenvalue weighted by Crippen LogP contribution is 2.30. The number of carbonyl (C=O) groups is 1. The van der Waals surface area contributed by atoms with E-state index in [1.54, 1.807) is 56.3 Å². The second-order valence-corrected chi connectivity index (χ2v) is 9.83. The number of benzene rings is 2. The molecule has 0 aliphatic carbocycles. The van der Waals surface area contributed by atoms with Gasteiger partial charge < -0.3 is 10.1 Å². The number of para-hydroxylation sites is 2. The number of thioether (sulfide) groups is 1. The summed E-state index contributed by atoms with van der Waals surface area (Å²) in [6, 6.07) is 14.2. The van der Waals surface area contributed by atoms with Gasteiger partial charge in [-0.2, -0.15) is 5.26 Å². The van der Waals surface area contributed by atoms with Crippen molar-refractivity contribution in [3.05, 3.63) is 57.8 Å². The Morgan fingerprint density at radius 3 is 2.61 bits per heavy atom. The van der Waals surface area contributed by atoms with E-state index in [2.05, 4.69) is 16.4 Å². The predicted octanol–water partition coefficient (Wildman–Crippen LogP) is 4.58. The molecule has 0 radical (unpaired) electrons. The number of carbonyl (C=O) groups excluding carboxylic acids is 1. The number of hydrogen-bond donors (Lipinski definition) is 1. The average molecular weight is 485 g/mol. The van der Waals surface area contributed by atoms with Gasteiger partial charge in [-0.25, -0.2) is 4.98 Å². The first-order chi connectivity index (χ1) is 15.6. The van der Waals surface area contributed by atoms with Gasteiger partial charge >= 0.3 is 0 Å². The molecule has 3 rings (SSSR count). The Morgan fingerprint density at radius 2 is 1.97 bits per heavy atom. The highest BCUT2D eigenvalue weighted by molar-refractivity contribution is 8.00. The summed E-state index contributed by atoms with van der Waals surface area (Å²) in [5.74, 6) is 0.0756. The average Bonchev–Trinajstić information content (AvgIpc) is 2.78. The number of ether oxygens (including phenoxy) is 1. The van der Waals surface area contributed by atoms with Crippen LogP contribution in [0.25, 0.3) is 16.6 Å². The van der Waals surface area contributed by atoms with Crippen LogP contribution in [0.1, 0.15) is 27.7 Å². The van der Waals surface area contributed by atoms with Crippen LogP contribution in [0, 0.1) is 17.2 Å². The third kappa shape index (κ3) is 5.00. The van der Waals surface area contributed by atoms with Crippen LogP contribution in [0.2, 0.25) is 5.02 Å². The van der Waals surface area contributed by atoms with Crippen LogP contribution in [-0.2, 0) is 4.79 Å². The molecule has 2 unspecified atom stereocenters. The fourth-order valence-corrected chi connectivity index (χ4v) is 4.20. The van der Waals surface area contributed by atoms with Gasteiger partial charge in [-0.15, -0.1) is 0 Å². The minimum atomic E-state index is -1.02. The number of fused-ring (bicyclic) bond motifs is 1. The molecule has 1 N–H and O–H groups in total. The SMILES string of the molecule is COc1ccccc1-n1c(SC(C)C(=O)NC(C)(C#N)C(C)C)nc2cc(Cl)ccc2c1=O. The van der Waals surface area contributed by atoms with Crippen molar-refractivity contribution in [2.45, 2.75) is 43.6 Å². The molecule has 3 aromatic rings. The fraction of sp³-hybridized carbons (Fsp3) is 0.333. The van der Waals surface area contributed by atoms with E-state index in [-0.39, 0.29) is 17.4 Å². The lowest BCUT2D eigenvalue weighted by Gasteiger charge is -2.28. The van der Waals surface area contributed by atoms with Gasteiger partial charge in [0.1, 0.15) is 11.3 Å². The number of methoxy groups -OCH3 is 1. The lowest BCUT2D eigenvalue weighted by molar-refractivity contribution is -0.121. The Balaban J connectivity index is 2.12. The maximum absolute atomic E-state index is 13.5. The molecule has 1 aromatic heterocycles. The van der Waals surface area contributed by atoms with Crippen molar-refractivity contribution in [3.63, 3.8) is 0 Å². The highest BCUT2D eigenvalue weighted by atomic mass is 35.5. The van der Waals surface area contributed by atoms with Gasteiger partial charge in [0, 0.05) is 5.02 Å². The molecule has 1 amide bonds. The summed E-state index contributed by atoms with van der Waals surface area (Å²) < 4.78 is 6.91. The van der Waals surface area contributed by atoms with Crippen LogP contribution in [0.5, 0.6) is 5.75 Å². The number of nitrogens with zero attached hydrogens (tertiary/aromatic N) is 3. The van der Waals surface area contributed by atoms with Crippen molar-refractivity contribution in [1.29, 1.82) is 5.26 Å². The van der Waals surface area contributed by atoms with Crippen LogP contribution in [0.3, 0.4) is 0 Å². The van der Waals surface area contributed by atoms with E-state index in [1.807, 2.05) is 13.8 Å². The quantitative estimate of drug-likeness (QED) is 0.389. The number of nitrogens with one attached hydrogen (secondary N) is 1. The summed E-state index contributed by atoms with van der Waals surface area (Å²) in [7, 11) is 1.52. The molecule has 0 fully saturated rings. The molecule has 2 aromatic carbocycles. The van der Waals surface area contributed by atoms with E-state index >= 15 is 0 Å². The molecule has 0 saturated carbocycles. The number of amides is 1. The van der Waals surface area contributed by atoms with Crippen molar-refractivity contribution in [3.8, 4) is 17.5 Å². The lowest BCUT2D eigenvalue weighted by Crippen LogP contribution is -2.51. The topological polar surface area (TPSA) is 97.0 Å². The molecular weight excluding hydrogens is 460 g/mol. The zero-order chi connectivity index (χ0) is 24.3. The van der Waals surface area contributed by atoms with E-state index in [1.165, 1.54) is 11.7 Å². The van der Waals surface area contributed by atoms with Crippen molar-refractivity contribution in [1.82, 2.24) is 14.9 Å². The Labute approximate surface area is 201 Å². The second-order valence-electron chi connectivity index (χ2n) is 8.09. The fourth-order valence-electron chi connectivity index (χ4n) is 3.12. The summed E-state index contributed by atoms with van der Waals surface area (Å²) in [5, 5.41) is 12.9. The molecule has 0 aliphatic rings. The van der Waals surface area contributed by atoms with Crippen LogP contribution in [0.4, 0.5) is 0 Å². The van der Waals surface area contributed by atoms with Crippen molar-refractivity contribution >= 4 is 40.2 Å². The maximum atomic E-state index is 13.5. The number of nitriles is 1. The first-order valence-electron chi connectivity index (χ1n) is 10.4. The van der Waals surface area contributed by atoms with Gasteiger partial charge in [-0.05, 0) is 50.1 Å². The van der Waals surface area contributed by atoms with Crippen LogP contribution in [-0.4, -0.2) is 33.4 Å². The number of rotatable bonds is 7. The molecule has 33 heavy (non-hydrogen) atoms. The summed E-state index contributed by atoms with van der Waals surface area (Å²) in [6.07, 6.45) is 0. The van der Waals surface area contributed by atoms with Crippen molar-refractivity contribution in [2.24, 2.45) is 5.92 Å². The summed E-state index contributed by atoms with van der Waals surface area (Å²) in [4.78, 5) is 31.1. The van der Waals surface area contributed by atoms with Gasteiger partial charge in [0.25, 0.3) is 5.56 Å². The van der Waals surface area contributed by atoms with Gasteiger partial charge in [-0.3, -0.25) is 14.2 Å². The molecular formula is C24H25ClN4O3S. The third-order valence-corrected chi connectivity index (χ3v) is 6.84. The Kier molecular flexibility index (Phi) is 7.35. The number of halogens is 1. The molecule has 0 saturated heterocycles. The minimum Gasteiger partial charge on any atom is -0.495 e. The molecule has 7 nitrogen and oxygen atoms in total.